The smallest absolute Gasteiger partial charge is 0.141 e. The van der Waals surface area contributed by atoms with Gasteiger partial charge in [0.1, 0.15) is 16.3 Å². The van der Waals surface area contributed by atoms with E-state index in [2.05, 4.69) is 55.1 Å². The van der Waals surface area contributed by atoms with Crippen molar-refractivity contribution in [2.45, 2.75) is 12.1 Å². The van der Waals surface area contributed by atoms with Crippen LogP contribution in [0, 0.1) is 0 Å². The number of aromatic amines is 1. The third-order valence-electron chi connectivity index (χ3n) is 6.60. The Morgan fingerprint density at radius 2 is 1.91 bits per heavy atom. The van der Waals surface area contributed by atoms with Crippen LogP contribution in [-0.2, 0) is 16.9 Å². The summed E-state index contributed by atoms with van der Waals surface area (Å²) >= 11 is 8.12. The number of aromatic nitrogens is 3. The molecule has 0 radical (unpaired) electrons. The summed E-state index contributed by atoms with van der Waals surface area (Å²) in [7, 11) is 1.99. The lowest BCUT2D eigenvalue weighted by atomic mass is 9.96. The van der Waals surface area contributed by atoms with Gasteiger partial charge >= 0.3 is 0 Å². The molecular weight excluding hydrogens is 470 g/mol. The van der Waals surface area contributed by atoms with Crippen molar-refractivity contribution in [3.05, 3.63) is 58.3 Å². The number of likely N-dealkylation sites (tertiary alicyclic amines) is 1. The second kappa shape index (κ2) is 8.71. The molecule has 2 aliphatic heterocycles. The van der Waals surface area contributed by atoms with E-state index >= 15 is 0 Å². The first kappa shape index (κ1) is 22.2. The van der Waals surface area contributed by atoms with Crippen LogP contribution < -0.4 is 0 Å². The Kier molecular flexibility index (Phi) is 5.68. The van der Waals surface area contributed by atoms with Gasteiger partial charge in [0.25, 0.3) is 0 Å². The van der Waals surface area contributed by atoms with E-state index in [1.807, 2.05) is 13.2 Å². The number of β-amino-alcohol motifs (C(OH)–C–C–N with tert-alkyl or cyclic N) is 1. The van der Waals surface area contributed by atoms with Gasteiger partial charge in [0, 0.05) is 61.8 Å². The molecule has 0 bridgehead atoms. The van der Waals surface area contributed by atoms with Gasteiger partial charge in [0.15, 0.2) is 0 Å². The number of nitrogens with one attached hydrogen (secondary N) is 1. The molecule has 4 aromatic rings. The molecule has 2 saturated heterocycles. The predicted molar refractivity (Wildman–Crippen MR) is 135 cm³/mol. The molecule has 34 heavy (non-hydrogen) atoms. The highest BCUT2D eigenvalue weighted by Gasteiger charge is 2.43. The Labute approximate surface area is 207 Å². The summed E-state index contributed by atoms with van der Waals surface area (Å²) in [5, 5.41) is 13.1. The Balaban J connectivity index is 1.29. The fourth-order valence-corrected chi connectivity index (χ4v) is 6.22. The van der Waals surface area contributed by atoms with Gasteiger partial charge in [0.2, 0.25) is 0 Å². The lowest BCUT2D eigenvalue weighted by Crippen LogP contribution is -2.57. The number of ether oxygens (including phenoxy) is 1. The van der Waals surface area contributed by atoms with Crippen LogP contribution in [0.2, 0.25) is 5.02 Å². The minimum Gasteiger partial charge on any atom is -0.380 e. The SMILES string of the molecule is CN1CC(O)(c2ncc(-c3c(Cl)cnc4[nH]c(-c5ccc(CN6CCOCC6)cc5)cc34)s2)C1. The standard InChI is InChI=1S/C25H26ClN5O2S/c1-30-14-25(32,15-30)24-28-12-21(34-24)22-18-10-20(29-23(18)27-11-19(22)26)17-4-2-16(3-5-17)13-31-6-8-33-9-7-31/h2-5,10-12,32H,6-9,13-15H2,1H3,(H,27,29). The van der Waals surface area contributed by atoms with Crippen molar-refractivity contribution in [2.24, 2.45) is 0 Å². The highest BCUT2D eigenvalue weighted by Crippen LogP contribution is 2.42. The molecule has 2 N–H and O–H groups in total. The maximum absolute atomic E-state index is 10.8. The number of pyridine rings is 1. The molecule has 9 heteroatoms. The summed E-state index contributed by atoms with van der Waals surface area (Å²) in [6, 6.07) is 10.8. The summed E-state index contributed by atoms with van der Waals surface area (Å²) in [5.74, 6) is 0. The van der Waals surface area contributed by atoms with E-state index in [9.17, 15) is 5.11 Å². The van der Waals surface area contributed by atoms with Gasteiger partial charge in [-0.25, -0.2) is 9.97 Å². The van der Waals surface area contributed by atoms with Gasteiger partial charge in [-0.15, -0.1) is 11.3 Å². The van der Waals surface area contributed by atoms with Crippen LogP contribution in [0.5, 0.6) is 0 Å². The molecule has 6 rings (SSSR count). The Morgan fingerprint density at radius 1 is 1.15 bits per heavy atom. The number of halogens is 1. The lowest BCUT2D eigenvalue weighted by molar-refractivity contribution is -0.0919. The number of aliphatic hydroxyl groups is 1. The van der Waals surface area contributed by atoms with Crippen LogP contribution in [0.1, 0.15) is 10.6 Å². The van der Waals surface area contributed by atoms with Gasteiger partial charge < -0.3 is 14.8 Å². The predicted octanol–water partition coefficient (Wildman–Crippen LogP) is 3.97. The highest BCUT2D eigenvalue weighted by molar-refractivity contribution is 7.15. The van der Waals surface area contributed by atoms with Crippen LogP contribution in [0.4, 0.5) is 0 Å². The summed E-state index contributed by atoms with van der Waals surface area (Å²) in [5.41, 5.74) is 4.20. The average Bonchev–Trinajstić information content (AvgIpc) is 3.47. The first-order valence-electron chi connectivity index (χ1n) is 11.4. The zero-order valence-corrected chi connectivity index (χ0v) is 20.5. The molecule has 0 atom stereocenters. The topological polar surface area (TPSA) is 77.5 Å². The van der Waals surface area contributed by atoms with Crippen molar-refractivity contribution in [1.82, 2.24) is 24.8 Å². The minimum absolute atomic E-state index is 0.576. The van der Waals surface area contributed by atoms with E-state index in [-0.39, 0.29) is 0 Å². The zero-order chi connectivity index (χ0) is 23.3. The second-order valence-electron chi connectivity index (χ2n) is 9.25. The molecule has 0 aliphatic carbocycles. The van der Waals surface area contributed by atoms with Crippen molar-refractivity contribution < 1.29 is 9.84 Å². The lowest BCUT2D eigenvalue weighted by Gasteiger charge is -2.42. The molecular formula is C25H26ClN5O2S. The van der Waals surface area contributed by atoms with Crippen molar-refractivity contribution in [3.8, 4) is 21.7 Å². The van der Waals surface area contributed by atoms with E-state index in [1.165, 1.54) is 16.9 Å². The molecule has 0 saturated carbocycles. The molecule has 0 unspecified atom stereocenters. The molecule has 2 fully saturated rings. The average molecular weight is 496 g/mol. The van der Waals surface area contributed by atoms with Crippen LogP contribution in [0.25, 0.3) is 32.7 Å². The molecule has 2 aliphatic rings. The van der Waals surface area contributed by atoms with Gasteiger partial charge in [0.05, 0.1) is 23.1 Å². The first-order valence-corrected chi connectivity index (χ1v) is 12.6. The molecule has 176 valence electrons. The Morgan fingerprint density at radius 3 is 2.65 bits per heavy atom. The van der Waals surface area contributed by atoms with Crippen molar-refractivity contribution in [3.63, 3.8) is 0 Å². The van der Waals surface area contributed by atoms with E-state index in [4.69, 9.17) is 16.3 Å². The van der Waals surface area contributed by atoms with E-state index in [0.29, 0.717) is 18.1 Å². The molecule has 1 aromatic carbocycles. The number of fused-ring (bicyclic) bond motifs is 1. The van der Waals surface area contributed by atoms with Gasteiger partial charge in [-0.3, -0.25) is 9.80 Å². The third kappa shape index (κ3) is 4.04. The number of likely N-dealkylation sites (N-methyl/N-ethyl adjacent to an activating group) is 1. The monoisotopic (exact) mass is 495 g/mol. The molecule has 0 spiro atoms. The largest absolute Gasteiger partial charge is 0.380 e. The van der Waals surface area contributed by atoms with Crippen LogP contribution in [0.3, 0.4) is 0 Å². The number of hydrogen-bond donors (Lipinski definition) is 2. The van der Waals surface area contributed by atoms with E-state index in [0.717, 1.165) is 70.6 Å². The van der Waals surface area contributed by atoms with Crippen LogP contribution in [-0.4, -0.2) is 76.3 Å². The molecule has 7 nitrogen and oxygen atoms in total. The summed E-state index contributed by atoms with van der Waals surface area (Å²) in [4.78, 5) is 17.9. The van der Waals surface area contributed by atoms with Gasteiger partial charge in [-0.1, -0.05) is 35.9 Å². The fourth-order valence-electron chi connectivity index (χ4n) is 4.85. The number of nitrogens with zero attached hydrogens (tertiary/aromatic N) is 4. The second-order valence-corrected chi connectivity index (χ2v) is 10.7. The Hall–Kier alpha value is -2.33. The van der Waals surface area contributed by atoms with E-state index in [1.54, 1.807) is 6.20 Å². The quantitative estimate of drug-likeness (QED) is 0.436. The van der Waals surface area contributed by atoms with Crippen LogP contribution >= 0.6 is 22.9 Å². The minimum atomic E-state index is -0.872. The van der Waals surface area contributed by atoms with Crippen molar-refractivity contribution in [1.29, 1.82) is 0 Å². The summed E-state index contributed by atoms with van der Waals surface area (Å²) in [6.45, 7) is 5.70. The molecule has 5 heterocycles. The number of morpholine rings is 1. The third-order valence-corrected chi connectivity index (χ3v) is 8.09. The maximum Gasteiger partial charge on any atom is 0.141 e. The molecule has 0 amide bonds. The van der Waals surface area contributed by atoms with Gasteiger partial charge in [-0.05, 0) is 24.2 Å². The first-order chi connectivity index (χ1) is 16.5. The number of benzene rings is 1. The summed E-state index contributed by atoms with van der Waals surface area (Å²) in [6.07, 6.45) is 3.49. The number of hydrogen-bond acceptors (Lipinski definition) is 7. The number of H-pyrrole nitrogens is 1. The molecule has 3 aromatic heterocycles. The Bertz CT molecular complexity index is 1320. The number of thiazole rings is 1. The highest BCUT2D eigenvalue weighted by atomic mass is 35.5. The normalized spacial score (nSPS) is 18.9. The number of rotatable bonds is 5. The maximum atomic E-state index is 10.8. The zero-order valence-electron chi connectivity index (χ0n) is 18.9. The van der Waals surface area contributed by atoms with Crippen LogP contribution in [0.15, 0.2) is 42.7 Å². The van der Waals surface area contributed by atoms with E-state index < -0.39 is 5.60 Å². The van der Waals surface area contributed by atoms with Gasteiger partial charge in [-0.2, -0.15) is 0 Å². The fraction of sp³-hybridized carbons (Fsp3) is 0.360. The van der Waals surface area contributed by atoms with Crippen molar-refractivity contribution >= 4 is 34.0 Å². The summed E-state index contributed by atoms with van der Waals surface area (Å²) < 4.78 is 5.45. The van der Waals surface area contributed by atoms with Crippen molar-refractivity contribution in [2.75, 3.05) is 46.4 Å².